The Kier molecular flexibility index (Phi) is 9.90. The minimum Gasteiger partial charge on any atom is -0.458 e. The standard InChI is InChI=1S/C27H35BrO9/c1-15(28)13-19(35-27(33)16-5-3-2-4-6-16)8-7-17(30)14-21-22(31)25-26(37-21)23(32)24-20(36-25)10-9-18(34-24)11-12-29/h2-6,18-26,29,31-32H,1,7-14H2/t18-,19-,20+,21?,22+,23+,24+,25+,26+/m1/s1. The number of hydrogen-bond acceptors (Lipinski definition) is 9. The number of carbonyl (C=O) groups excluding carboxylic acids is 2. The van der Waals surface area contributed by atoms with E-state index in [0.717, 1.165) is 0 Å². The van der Waals surface area contributed by atoms with Crippen LogP contribution in [-0.2, 0) is 23.7 Å². The topological polar surface area (TPSA) is 132 Å². The summed E-state index contributed by atoms with van der Waals surface area (Å²) in [4.78, 5) is 25.3. The van der Waals surface area contributed by atoms with E-state index >= 15 is 0 Å². The fourth-order valence-corrected chi connectivity index (χ4v) is 5.70. The van der Waals surface area contributed by atoms with Crippen LogP contribution in [0.4, 0.5) is 0 Å². The molecule has 10 heteroatoms. The number of aliphatic hydroxyl groups excluding tert-OH is 3. The van der Waals surface area contributed by atoms with Crippen LogP contribution >= 0.6 is 15.9 Å². The van der Waals surface area contributed by atoms with Crippen molar-refractivity contribution in [1.82, 2.24) is 0 Å². The minimum absolute atomic E-state index is 0.000520. The van der Waals surface area contributed by atoms with Gasteiger partial charge in [0.15, 0.2) is 0 Å². The molecule has 1 unspecified atom stereocenters. The molecular formula is C27H35BrO9. The number of carbonyl (C=O) groups is 2. The maximum Gasteiger partial charge on any atom is 0.338 e. The van der Waals surface area contributed by atoms with Crippen LogP contribution in [0.5, 0.6) is 0 Å². The molecule has 0 aromatic heterocycles. The van der Waals surface area contributed by atoms with Gasteiger partial charge in [-0.2, -0.15) is 0 Å². The Hall–Kier alpha value is -1.66. The predicted molar refractivity (Wildman–Crippen MR) is 136 cm³/mol. The van der Waals surface area contributed by atoms with E-state index in [9.17, 15) is 24.9 Å². The van der Waals surface area contributed by atoms with Crippen LogP contribution in [-0.4, -0.2) is 88.6 Å². The van der Waals surface area contributed by atoms with Gasteiger partial charge in [0.05, 0.1) is 23.9 Å². The zero-order valence-corrected chi connectivity index (χ0v) is 22.2. The van der Waals surface area contributed by atoms with Crippen LogP contribution in [0.3, 0.4) is 0 Å². The Labute approximate surface area is 224 Å². The molecule has 3 heterocycles. The van der Waals surface area contributed by atoms with Gasteiger partial charge in [-0.25, -0.2) is 4.79 Å². The maximum atomic E-state index is 12.8. The molecule has 3 saturated heterocycles. The van der Waals surface area contributed by atoms with Crippen LogP contribution in [0.1, 0.15) is 55.3 Å². The molecule has 3 N–H and O–H groups in total. The molecule has 0 spiro atoms. The summed E-state index contributed by atoms with van der Waals surface area (Å²) in [6.07, 6.45) is -3.59. The van der Waals surface area contributed by atoms with E-state index in [1.807, 2.05) is 6.07 Å². The number of aliphatic hydroxyl groups is 3. The van der Waals surface area contributed by atoms with Crippen molar-refractivity contribution in [3.05, 3.63) is 47.0 Å². The van der Waals surface area contributed by atoms with Crippen LogP contribution in [0.15, 0.2) is 41.4 Å². The summed E-state index contributed by atoms with van der Waals surface area (Å²) in [7, 11) is 0. The first kappa shape index (κ1) is 28.4. The van der Waals surface area contributed by atoms with Crippen molar-refractivity contribution >= 4 is 27.7 Å². The molecule has 0 bridgehead atoms. The predicted octanol–water partition coefficient (Wildman–Crippen LogP) is 2.44. The van der Waals surface area contributed by atoms with Crippen molar-refractivity contribution in [2.45, 2.75) is 99.9 Å². The number of rotatable bonds is 11. The second-order valence-electron chi connectivity index (χ2n) is 9.97. The van der Waals surface area contributed by atoms with Crippen molar-refractivity contribution in [2.75, 3.05) is 6.61 Å². The Balaban J connectivity index is 1.30. The lowest BCUT2D eigenvalue weighted by Crippen LogP contribution is -2.61. The van der Waals surface area contributed by atoms with Crippen LogP contribution in [0.2, 0.25) is 0 Å². The third-order valence-corrected chi connectivity index (χ3v) is 7.55. The summed E-state index contributed by atoms with van der Waals surface area (Å²) >= 11 is 3.30. The first-order chi connectivity index (χ1) is 17.8. The van der Waals surface area contributed by atoms with Crippen LogP contribution in [0, 0.1) is 0 Å². The third-order valence-electron chi connectivity index (χ3n) is 7.22. The Morgan fingerprint density at radius 3 is 2.49 bits per heavy atom. The van der Waals surface area contributed by atoms with Gasteiger partial charge in [0.2, 0.25) is 0 Å². The number of halogens is 1. The molecule has 1 aromatic rings. The highest BCUT2D eigenvalue weighted by Crippen LogP contribution is 2.40. The minimum atomic E-state index is -1.06. The first-order valence-corrected chi connectivity index (χ1v) is 13.6. The van der Waals surface area contributed by atoms with Crippen LogP contribution < -0.4 is 0 Å². The Bertz CT molecular complexity index is 941. The monoisotopic (exact) mass is 582 g/mol. The zero-order valence-electron chi connectivity index (χ0n) is 20.6. The molecule has 0 radical (unpaired) electrons. The quantitative estimate of drug-likeness (QED) is 0.336. The van der Waals surface area contributed by atoms with Gasteiger partial charge < -0.3 is 34.3 Å². The SMILES string of the molecule is C=C(Br)C[C@@H](CCC(=O)CC1O[C@H]2[C@@H](O)[C@H]3O[C@@H](CCO)CC[C@@H]3O[C@H]2[C@H]1O)OC(=O)c1ccccc1. The van der Waals surface area contributed by atoms with Gasteiger partial charge in [0.25, 0.3) is 0 Å². The molecule has 9 atom stereocenters. The molecule has 3 fully saturated rings. The number of fused-ring (bicyclic) bond motifs is 2. The van der Waals surface area contributed by atoms with E-state index in [2.05, 4.69) is 22.5 Å². The van der Waals surface area contributed by atoms with Gasteiger partial charge >= 0.3 is 5.97 Å². The molecule has 204 valence electrons. The van der Waals surface area contributed by atoms with Crippen LogP contribution in [0.25, 0.3) is 0 Å². The van der Waals surface area contributed by atoms with Gasteiger partial charge in [-0.1, -0.05) is 40.7 Å². The number of benzene rings is 1. The van der Waals surface area contributed by atoms with Gasteiger partial charge in [0.1, 0.15) is 42.4 Å². The highest BCUT2D eigenvalue weighted by Gasteiger charge is 2.56. The van der Waals surface area contributed by atoms with E-state index in [1.165, 1.54) is 0 Å². The average Bonchev–Trinajstić information content (AvgIpc) is 3.18. The highest BCUT2D eigenvalue weighted by molar-refractivity contribution is 9.11. The Morgan fingerprint density at radius 2 is 1.78 bits per heavy atom. The fraction of sp³-hybridized carbons (Fsp3) is 0.630. The lowest BCUT2D eigenvalue weighted by molar-refractivity contribution is -0.260. The number of hydrogen-bond donors (Lipinski definition) is 3. The lowest BCUT2D eigenvalue weighted by atomic mass is 9.88. The van der Waals surface area contributed by atoms with Gasteiger partial charge in [-0.3, -0.25) is 4.79 Å². The highest BCUT2D eigenvalue weighted by atomic mass is 79.9. The van der Waals surface area contributed by atoms with Crippen molar-refractivity contribution in [3.8, 4) is 0 Å². The Morgan fingerprint density at radius 1 is 1.05 bits per heavy atom. The second kappa shape index (κ2) is 12.9. The van der Waals surface area contributed by atoms with E-state index in [1.54, 1.807) is 24.3 Å². The van der Waals surface area contributed by atoms with Crippen molar-refractivity contribution in [1.29, 1.82) is 0 Å². The number of Topliss-reactive ketones (excluding diaryl/α,β-unsaturated/α-hetero) is 1. The fourth-order valence-electron chi connectivity index (χ4n) is 5.34. The van der Waals surface area contributed by atoms with E-state index < -0.39 is 48.7 Å². The van der Waals surface area contributed by atoms with Gasteiger partial charge in [-0.15, -0.1) is 0 Å². The molecule has 3 aliphatic rings. The summed E-state index contributed by atoms with van der Waals surface area (Å²) in [6.45, 7) is 3.82. The van der Waals surface area contributed by atoms with E-state index in [0.29, 0.717) is 42.1 Å². The normalized spacial score (nSPS) is 33.7. The molecule has 1 aromatic carbocycles. The lowest BCUT2D eigenvalue weighted by Gasteiger charge is -2.46. The van der Waals surface area contributed by atoms with Crippen molar-refractivity contribution in [3.63, 3.8) is 0 Å². The molecule has 0 saturated carbocycles. The summed E-state index contributed by atoms with van der Waals surface area (Å²) in [5, 5.41) is 31.0. The number of esters is 1. The number of ketones is 1. The van der Waals surface area contributed by atoms with E-state index in [-0.39, 0.29) is 37.4 Å². The summed E-state index contributed by atoms with van der Waals surface area (Å²) in [6, 6.07) is 8.63. The second-order valence-corrected chi connectivity index (χ2v) is 11.1. The molecular weight excluding hydrogens is 548 g/mol. The smallest absolute Gasteiger partial charge is 0.338 e. The van der Waals surface area contributed by atoms with Gasteiger partial charge in [-0.05, 0) is 42.3 Å². The largest absolute Gasteiger partial charge is 0.458 e. The molecule has 0 aliphatic carbocycles. The van der Waals surface area contributed by atoms with E-state index in [4.69, 9.17) is 18.9 Å². The molecule has 3 aliphatic heterocycles. The van der Waals surface area contributed by atoms with Crippen molar-refractivity contribution in [2.24, 2.45) is 0 Å². The zero-order chi connectivity index (χ0) is 26.5. The van der Waals surface area contributed by atoms with Crippen molar-refractivity contribution < 1.29 is 43.9 Å². The summed E-state index contributed by atoms with van der Waals surface area (Å²) in [5.74, 6) is -0.628. The maximum absolute atomic E-state index is 12.8. The third kappa shape index (κ3) is 7.06. The summed E-state index contributed by atoms with van der Waals surface area (Å²) < 4.78 is 24.2. The average molecular weight is 583 g/mol. The molecule has 9 nitrogen and oxygen atoms in total. The molecule has 0 amide bonds. The number of ether oxygens (including phenoxy) is 4. The van der Waals surface area contributed by atoms with Gasteiger partial charge in [0, 0.05) is 25.9 Å². The molecule has 37 heavy (non-hydrogen) atoms. The molecule has 4 rings (SSSR count). The summed E-state index contributed by atoms with van der Waals surface area (Å²) in [5.41, 5.74) is 0.426. The first-order valence-electron chi connectivity index (χ1n) is 12.8.